The molecule has 80 valence electrons. The lowest BCUT2D eigenvalue weighted by molar-refractivity contribution is 0.102. The molecule has 2 nitrogen and oxygen atoms in total. The molecule has 0 saturated heterocycles. The Bertz CT molecular complexity index is 456. The van der Waals surface area contributed by atoms with E-state index in [0.29, 0.717) is 5.75 Å². The van der Waals surface area contributed by atoms with Crippen LogP contribution >= 0.6 is 11.8 Å². The normalized spacial score (nSPS) is 10.0. The number of carbonyl (C=O) groups excluding carboxylic acids is 1. The van der Waals surface area contributed by atoms with Crippen molar-refractivity contribution in [3.05, 3.63) is 60.3 Å². The van der Waals surface area contributed by atoms with Gasteiger partial charge in [0, 0.05) is 11.8 Å². The molecule has 0 aliphatic heterocycles. The highest BCUT2D eigenvalue weighted by Crippen LogP contribution is 2.15. The van der Waals surface area contributed by atoms with Crippen LogP contribution in [0.4, 0.5) is 0 Å². The molecule has 1 aromatic carbocycles. The summed E-state index contributed by atoms with van der Waals surface area (Å²) in [6.07, 6.45) is 1.73. The van der Waals surface area contributed by atoms with Crippen LogP contribution in [0.15, 0.2) is 59.8 Å². The highest BCUT2D eigenvalue weighted by Gasteiger charge is 2.05. The van der Waals surface area contributed by atoms with E-state index in [9.17, 15) is 4.79 Å². The van der Waals surface area contributed by atoms with Gasteiger partial charge in [-0.05, 0) is 12.1 Å². The maximum Gasteiger partial charge on any atom is 0.173 e. The van der Waals surface area contributed by atoms with Gasteiger partial charge in [0.1, 0.15) is 0 Å². The van der Waals surface area contributed by atoms with Crippen molar-refractivity contribution in [3.8, 4) is 0 Å². The van der Waals surface area contributed by atoms with E-state index in [2.05, 4.69) is 4.98 Å². The second-order valence-corrected chi connectivity index (χ2v) is 4.24. The molecule has 0 N–H and O–H groups in total. The second-order valence-electron chi connectivity index (χ2n) is 3.25. The average Bonchev–Trinajstić information content (AvgIpc) is 2.38. The van der Waals surface area contributed by atoms with Gasteiger partial charge in [-0.15, -0.1) is 0 Å². The first-order valence-electron chi connectivity index (χ1n) is 4.98. The Labute approximate surface area is 98.7 Å². The summed E-state index contributed by atoms with van der Waals surface area (Å²) in [6, 6.07) is 15.0. The minimum absolute atomic E-state index is 0.135. The van der Waals surface area contributed by atoms with Crippen molar-refractivity contribution in [3.63, 3.8) is 0 Å². The molecule has 0 atom stereocenters. The third kappa shape index (κ3) is 2.94. The van der Waals surface area contributed by atoms with Crippen LogP contribution in [-0.2, 0) is 0 Å². The van der Waals surface area contributed by atoms with Gasteiger partial charge in [0.2, 0.25) is 0 Å². The van der Waals surface area contributed by atoms with Gasteiger partial charge < -0.3 is 0 Å². The molecule has 0 amide bonds. The highest BCUT2D eigenvalue weighted by atomic mass is 32.2. The Morgan fingerprint density at radius 3 is 2.50 bits per heavy atom. The number of hydrogen-bond acceptors (Lipinski definition) is 3. The van der Waals surface area contributed by atoms with Gasteiger partial charge >= 0.3 is 0 Å². The van der Waals surface area contributed by atoms with E-state index in [1.807, 2.05) is 48.5 Å². The minimum atomic E-state index is 0.135. The fraction of sp³-hybridized carbons (Fsp3) is 0.0769. The van der Waals surface area contributed by atoms with Crippen molar-refractivity contribution >= 4 is 17.5 Å². The molecule has 0 radical (unpaired) electrons. The lowest BCUT2D eigenvalue weighted by Gasteiger charge is -2.00. The van der Waals surface area contributed by atoms with Crippen LogP contribution in [0, 0.1) is 0 Å². The third-order valence-electron chi connectivity index (χ3n) is 2.08. The fourth-order valence-corrected chi connectivity index (χ4v) is 2.04. The SMILES string of the molecule is O=C(CSc1ccccn1)c1ccccc1. The lowest BCUT2D eigenvalue weighted by atomic mass is 10.2. The monoisotopic (exact) mass is 229 g/mol. The number of nitrogens with zero attached hydrogens (tertiary/aromatic N) is 1. The summed E-state index contributed by atoms with van der Waals surface area (Å²) in [5.74, 6) is 0.567. The fourth-order valence-electron chi connectivity index (χ4n) is 1.28. The van der Waals surface area contributed by atoms with Gasteiger partial charge in [-0.2, -0.15) is 0 Å². The van der Waals surface area contributed by atoms with E-state index in [1.54, 1.807) is 6.20 Å². The first-order valence-corrected chi connectivity index (χ1v) is 5.97. The van der Waals surface area contributed by atoms with Crippen LogP contribution in [0.5, 0.6) is 0 Å². The Hall–Kier alpha value is -1.61. The van der Waals surface area contributed by atoms with Crippen molar-refractivity contribution in [1.82, 2.24) is 4.98 Å². The van der Waals surface area contributed by atoms with Gasteiger partial charge in [-0.1, -0.05) is 48.2 Å². The van der Waals surface area contributed by atoms with E-state index in [1.165, 1.54) is 11.8 Å². The van der Waals surface area contributed by atoms with Crippen LogP contribution in [0.1, 0.15) is 10.4 Å². The van der Waals surface area contributed by atoms with Crippen molar-refractivity contribution in [2.75, 3.05) is 5.75 Å². The molecule has 2 rings (SSSR count). The Kier molecular flexibility index (Phi) is 3.72. The van der Waals surface area contributed by atoms with Crippen LogP contribution in [-0.4, -0.2) is 16.5 Å². The molecule has 0 aliphatic carbocycles. The number of aromatic nitrogens is 1. The van der Waals surface area contributed by atoms with Crippen molar-refractivity contribution in [1.29, 1.82) is 0 Å². The number of thioether (sulfide) groups is 1. The summed E-state index contributed by atoms with van der Waals surface area (Å²) >= 11 is 1.46. The van der Waals surface area contributed by atoms with Crippen molar-refractivity contribution in [2.24, 2.45) is 0 Å². The van der Waals surface area contributed by atoms with Crippen molar-refractivity contribution in [2.45, 2.75) is 5.03 Å². The maximum atomic E-state index is 11.8. The number of hydrogen-bond donors (Lipinski definition) is 0. The molecule has 1 heterocycles. The molecule has 16 heavy (non-hydrogen) atoms. The first kappa shape index (κ1) is 10.9. The predicted molar refractivity (Wildman–Crippen MR) is 65.7 cm³/mol. The maximum absolute atomic E-state index is 11.8. The number of pyridine rings is 1. The van der Waals surface area contributed by atoms with Gasteiger partial charge in [-0.3, -0.25) is 4.79 Å². The van der Waals surface area contributed by atoms with Crippen molar-refractivity contribution < 1.29 is 4.79 Å². The zero-order chi connectivity index (χ0) is 11.2. The standard InChI is InChI=1S/C13H11NOS/c15-12(11-6-2-1-3-7-11)10-16-13-8-4-5-9-14-13/h1-9H,10H2. The Morgan fingerprint density at radius 1 is 1.06 bits per heavy atom. The molecular weight excluding hydrogens is 218 g/mol. The topological polar surface area (TPSA) is 30.0 Å². The molecular formula is C13H11NOS. The van der Waals surface area contributed by atoms with Gasteiger partial charge in [-0.25, -0.2) is 4.98 Å². The predicted octanol–water partition coefficient (Wildman–Crippen LogP) is 3.06. The summed E-state index contributed by atoms with van der Waals surface area (Å²) in [4.78, 5) is 15.9. The number of rotatable bonds is 4. The number of Topliss-reactive ketones (excluding diaryl/α,β-unsaturated/α-hetero) is 1. The van der Waals surface area contributed by atoms with Gasteiger partial charge in [0.15, 0.2) is 5.78 Å². The Morgan fingerprint density at radius 2 is 1.81 bits per heavy atom. The van der Waals surface area contributed by atoms with E-state index in [-0.39, 0.29) is 5.78 Å². The molecule has 0 aliphatic rings. The van der Waals surface area contributed by atoms with Gasteiger partial charge in [0.25, 0.3) is 0 Å². The zero-order valence-corrected chi connectivity index (χ0v) is 9.48. The highest BCUT2D eigenvalue weighted by molar-refractivity contribution is 7.99. The Balaban J connectivity index is 1.95. The summed E-state index contributed by atoms with van der Waals surface area (Å²) in [6.45, 7) is 0. The molecule has 0 unspecified atom stereocenters. The smallest absolute Gasteiger partial charge is 0.173 e. The number of ketones is 1. The lowest BCUT2D eigenvalue weighted by Crippen LogP contribution is -2.01. The largest absolute Gasteiger partial charge is 0.293 e. The average molecular weight is 229 g/mol. The van der Waals surface area contributed by atoms with E-state index in [0.717, 1.165) is 10.6 Å². The minimum Gasteiger partial charge on any atom is -0.293 e. The van der Waals surface area contributed by atoms with Crippen LogP contribution in [0.25, 0.3) is 0 Å². The van der Waals surface area contributed by atoms with Crippen LogP contribution < -0.4 is 0 Å². The van der Waals surface area contributed by atoms with E-state index in [4.69, 9.17) is 0 Å². The van der Waals surface area contributed by atoms with Crippen LogP contribution in [0.3, 0.4) is 0 Å². The zero-order valence-electron chi connectivity index (χ0n) is 8.67. The molecule has 2 aromatic rings. The number of benzene rings is 1. The quantitative estimate of drug-likeness (QED) is 0.596. The van der Waals surface area contributed by atoms with E-state index < -0.39 is 0 Å². The second kappa shape index (κ2) is 5.47. The van der Waals surface area contributed by atoms with Crippen LogP contribution in [0.2, 0.25) is 0 Å². The molecule has 0 saturated carbocycles. The first-order chi connectivity index (χ1) is 7.86. The molecule has 1 aromatic heterocycles. The molecule has 0 fully saturated rings. The summed E-state index contributed by atoms with van der Waals surface area (Å²) in [5, 5.41) is 0.881. The molecule has 0 bridgehead atoms. The summed E-state index contributed by atoms with van der Waals surface area (Å²) < 4.78 is 0. The molecule has 3 heteroatoms. The number of carbonyl (C=O) groups is 1. The van der Waals surface area contributed by atoms with Gasteiger partial charge in [0.05, 0.1) is 10.8 Å². The summed E-state index contributed by atoms with van der Waals surface area (Å²) in [5.41, 5.74) is 0.755. The summed E-state index contributed by atoms with van der Waals surface area (Å²) in [7, 11) is 0. The third-order valence-corrected chi connectivity index (χ3v) is 3.03. The molecule has 0 spiro atoms. The van der Waals surface area contributed by atoms with E-state index >= 15 is 0 Å².